The molecule has 4 aromatic heterocycles. The number of aliphatic hydroxyl groups is 4. The van der Waals surface area contributed by atoms with Gasteiger partial charge in [-0.3, -0.25) is 0 Å². The van der Waals surface area contributed by atoms with Gasteiger partial charge in [-0.15, -0.1) is 0 Å². The SMILES string of the molecule is COc1cc2c3cc1Cc1cc4c5cc(c(OC)cc5n(CC(O)=NCC[N+](C)(C)C)c4cc1OC)Cc1cc4c5cc(c(OC)cc5n(CC(O)=NCC[N+](C)(C)C)c4cc1OC)Cc1cc4c5cc(c(OC)cc5n(CC(O)=NCC[N+](C)(C)C)c4cc1OC)Cc1cc3c(cc1OC)n2CC(O)=NCC[N+](C)(C)C. The third-order valence-corrected chi connectivity index (χ3v) is 21.7. The number of aliphatic imine (C=N–C) groups is 4. The van der Waals surface area contributed by atoms with Gasteiger partial charge in [0.1, 0.15) is 46.0 Å². The summed E-state index contributed by atoms with van der Waals surface area (Å²) in [6, 6.07) is 34.0. The average Bonchev–Trinajstić information content (AvgIpc) is 1.58. The Kier molecular flexibility index (Phi) is 22.1. The van der Waals surface area contributed by atoms with Gasteiger partial charge in [-0.25, -0.2) is 20.0 Å². The Hall–Kier alpha value is -10.9. The van der Waals surface area contributed by atoms with Crippen molar-refractivity contribution in [2.75, 3.05) is 194 Å². The molecule has 112 heavy (non-hydrogen) atoms. The van der Waals surface area contributed by atoms with Crippen LogP contribution in [-0.2, 0) is 51.9 Å². The minimum absolute atomic E-state index is 0.0100. The number of likely N-dealkylation sites (N-methyl/N-ethyl adjacent to an activating group) is 4. The largest absolute Gasteiger partial charge is 0.496 e. The van der Waals surface area contributed by atoms with E-state index in [4.69, 9.17) is 57.9 Å². The topological polar surface area (TPSA) is 224 Å². The lowest BCUT2D eigenvalue weighted by molar-refractivity contribution is -0.868. The summed E-state index contributed by atoms with van der Waals surface area (Å²) >= 11 is 0. The molecule has 24 nitrogen and oxygen atoms in total. The molecule has 8 aromatic carbocycles. The first-order valence-corrected chi connectivity index (χ1v) is 38.1. The van der Waals surface area contributed by atoms with Crippen LogP contribution >= 0.6 is 0 Å². The van der Waals surface area contributed by atoms with Crippen LogP contribution < -0.4 is 37.9 Å². The second-order valence-corrected chi connectivity index (χ2v) is 33.7. The van der Waals surface area contributed by atoms with Crippen molar-refractivity contribution >= 4 is 111 Å². The van der Waals surface area contributed by atoms with Gasteiger partial charge in [-0.2, -0.15) is 0 Å². The van der Waals surface area contributed by atoms with Gasteiger partial charge in [0, 0.05) is 117 Å². The van der Waals surface area contributed by atoms with Crippen LogP contribution in [0.15, 0.2) is 117 Å². The predicted molar refractivity (Wildman–Crippen MR) is 453 cm³/mol. The molecule has 0 amide bonds. The number of hydrogen-bond acceptors (Lipinski definition) is 12. The molecule has 0 saturated carbocycles. The summed E-state index contributed by atoms with van der Waals surface area (Å²) in [5.41, 5.74) is 13.6. The van der Waals surface area contributed by atoms with Crippen molar-refractivity contribution in [3.8, 4) is 46.0 Å². The van der Waals surface area contributed by atoms with Crippen molar-refractivity contribution in [3.63, 3.8) is 0 Å². The molecule has 0 saturated heterocycles. The minimum atomic E-state index is -0.0100. The summed E-state index contributed by atoms with van der Waals surface area (Å²) in [5.74, 6) is 4.98. The van der Waals surface area contributed by atoms with Crippen molar-refractivity contribution in [2.45, 2.75) is 51.9 Å². The molecule has 1 aliphatic rings. The maximum absolute atomic E-state index is 11.9. The van der Waals surface area contributed by atoms with E-state index in [1.165, 1.54) is 0 Å². The normalized spacial score (nSPS) is 13.8. The van der Waals surface area contributed by atoms with Gasteiger partial charge in [0.05, 0.1) is 264 Å². The van der Waals surface area contributed by atoms with Gasteiger partial charge in [-0.05, 0) is 93.0 Å². The van der Waals surface area contributed by atoms with Crippen LogP contribution in [0.5, 0.6) is 46.0 Å². The van der Waals surface area contributed by atoms with Gasteiger partial charge in [0.15, 0.2) is 0 Å². The molecule has 16 bridgehead atoms. The van der Waals surface area contributed by atoms with Crippen LogP contribution in [0.3, 0.4) is 0 Å². The number of aliphatic hydroxyl groups excluding tert-OH is 4. The van der Waals surface area contributed by atoms with Gasteiger partial charge in [0.25, 0.3) is 0 Å². The van der Waals surface area contributed by atoms with Crippen molar-refractivity contribution in [1.82, 2.24) is 18.3 Å². The number of rotatable bonds is 28. The van der Waals surface area contributed by atoms with E-state index in [9.17, 15) is 20.4 Å². The number of nitrogens with zero attached hydrogens (tertiary/aromatic N) is 12. The first-order valence-electron chi connectivity index (χ1n) is 38.1. The average molecular weight is 1530 g/mol. The molecule has 4 N–H and O–H groups in total. The molecule has 0 atom stereocenters. The number of aromatic nitrogens is 4. The third-order valence-electron chi connectivity index (χ3n) is 21.7. The number of fused-ring (bicyclic) bond motifs is 8. The van der Waals surface area contributed by atoms with Crippen molar-refractivity contribution < 1.29 is 76.3 Å². The summed E-state index contributed by atoms with van der Waals surface area (Å²) in [6.07, 6.45) is 1.48. The molecule has 13 rings (SSSR count). The van der Waals surface area contributed by atoms with E-state index in [0.717, 1.165) is 158 Å². The lowest BCUT2D eigenvalue weighted by Gasteiger charge is -2.22. The molecular formula is C88H112N12O12+4. The van der Waals surface area contributed by atoms with Crippen molar-refractivity contribution in [3.05, 3.63) is 142 Å². The summed E-state index contributed by atoms with van der Waals surface area (Å²) < 4.78 is 62.6. The smallest absolute Gasteiger partial charge is 0.201 e. The Morgan fingerprint density at radius 2 is 0.384 bits per heavy atom. The zero-order valence-corrected chi connectivity index (χ0v) is 69.0. The maximum atomic E-state index is 11.9. The number of ether oxygens (including phenoxy) is 8. The van der Waals surface area contributed by atoms with Crippen molar-refractivity contribution in [2.24, 2.45) is 20.0 Å². The Bertz CT molecular complexity index is 4800. The lowest BCUT2D eigenvalue weighted by atomic mass is 9.95. The standard InChI is InChI=1S/C88H108N12O12/c1-97(2,3)25-21-89-85(101)49-93-69-41-77(105-13)53-29-55-35-63-65-37-57(81(109-17)45-73(65)94(71(63)43-79(55)107-15)50-86(102)90-22-26-98(4,5)6)31-59-39-67-68-40-60(84(112-20)48-76(68)96(75(67)47-83(59)111-19)52-88(104)92-24-28-100(10,11)12)32-58-38-66-64-36-56(30-54-34-62(61(69)33-53)70(93)42-78(54)106-14)80(108-16)44-72(64)95(74(66)46-82(58)110-18)51-87(103)91-23-27-99(7,8)9/h33-48H,21-32,49-52H2,1-20H3/p+4. The van der Waals surface area contributed by atoms with Crippen LogP contribution in [0.1, 0.15) is 44.5 Å². The number of benzene rings is 8. The van der Waals surface area contributed by atoms with Crippen molar-refractivity contribution in [1.29, 1.82) is 0 Å². The second kappa shape index (κ2) is 31.3. The van der Waals surface area contributed by atoms with Crippen LogP contribution in [-0.4, -0.2) is 274 Å². The number of methoxy groups -OCH3 is 8. The highest BCUT2D eigenvalue weighted by Gasteiger charge is 2.28. The molecule has 4 heterocycles. The fourth-order valence-corrected chi connectivity index (χ4v) is 15.8. The van der Waals surface area contributed by atoms with Gasteiger partial charge >= 0.3 is 0 Å². The number of hydrogen-bond donors (Lipinski definition) is 4. The second-order valence-electron chi connectivity index (χ2n) is 33.7. The van der Waals surface area contributed by atoms with E-state index in [0.29, 0.717) is 116 Å². The first-order chi connectivity index (χ1) is 53.2. The van der Waals surface area contributed by atoms with Crippen LogP contribution in [0.25, 0.3) is 87.2 Å². The molecule has 0 radical (unpaired) electrons. The Balaban J connectivity index is 1.10. The summed E-state index contributed by atoms with van der Waals surface area (Å²) in [7, 11) is 38.7. The maximum Gasteiger partial charge on any atom is 0.201 e. The van der Waals surface area contributed by atoms with E-state index in [1.54, 1.807) is 56.9 Å². The van der Waals surface area contributed by atoms with E-state index < -0.39 is 0 Å². The Morgan fingerprint density at radius 1 is 0.250 bits per heavy atom. The van der Waals surface area contributed by atoms with Gasteiger partial charge in [0.2, 0.25) is 23.6 Å². The highest BCUT2D eigenvalue weighted by Crippen LogP contribution is 2.47. The summed E-state index contributed by atoms with van der Waals surface area (Å²) in [4.78, 5) is 18.9. The van der Waals surface area contributed by atoms with Gasteiger partial charge < -0.3 is 94.5 Å². The molecule has 0 aliphatic heterocycles. The Morgan fingerprint density at radius 3 is 0.500 bits per heavy atom. The summed E-state index contributed by atoms with van der Waals surface area (Å²) in [5, 5.41) is 54.8. The van der Waals surface area contributed by atoms with E-state index in [-0.39, 0.29) is 49.8 Å². The molecular weight excluding hydrogens is 1420 g/mol. The molecule has 0 fully saturated rings. The monoisotopic (exact) mass is 1530 g/mol. The van der Waals surface area contributed by atoms with E-state index in [1.807, 2.05) is 0 Å². The van der Waals surface area contributed by atoms with E-state index in [2.05, 4.69) is 200 Å². The molecule has 0 spiro atoms. The molecule has 12 aromatic rings. The molecule has 0 unspecified atom stereocenters. The number of quaternary nitrogens is 4. The highest BCUT2D eigenvalue weighted by atomic mass is 16.5. The predicted octanol–water partition coefficient (Wildman–Crippen LogP) is 13.5. The quantitative estimate of drug-likeness (QED) is 0.0204. The Labute approximate surface area is 655 Å². The zero-order valence-electron chi connectivity index (χ0n) is 69.0. The zero-order chi connectivity index (χ0) is 80.2. The van der Waals surface area contributed by atoms with E-state index >= 15 is 0 Å². The van der Waals surface area contributed by atoms with Crippen LogP contribution in [0.4, 0.5) is 0 Å². The lowest BCUT2D eigenvalue weighted by Crippen LogP contribution is -2.36. The highest BCUT2D eigenvalue weighted by molar-refractivity contribution is 6.14. The molecule has 24 heteroatoms. The minimum Gasteiger partial charge on any atom is -0.496 e. The first kappa shape index (κ1) is 79.2. The summed E-state index contributed by atoms with van der Waals surface area (Å²) in [6.45, 7) is 4.91. The fraction of sp³-hybridized carbons (Fsp3) is 0.409. The molecule has 592 valence electrons. The van der Waals surface area contributed by atoms with Crippen LogP contribution in [0, 0.1) is 0 Å². The molecule has 1 aliphatic carbocycles. The van der Waals surface area contributed by atoms with Crippen LogP contribution in [0.2, 0.25) is 0 Å². The fourth-order valence-electron chi connectivity index (χ4n) is 15.8. The van der Waals surface area contributed by atoms with Gasteiger partial charge in [-0.1, -0.05) is 0 Å². The third kappa shape index (κ3) is 16.4.